The van der Waals surface area contributed by atoms with Crippen LogP contribution >= 0.6 is 12.6 Å². The number of aryl methyl sites for hydroxylation is 1. The normalized spacial score (nSPS) is 10.9. The third-order valence-electron chi connectivity index (χ3n) is 1.73. The molecule has 1 aromatic heterocycles. The number of thiol groups is 1. The minimum atomic E-state index is 0.742. The number of aromatic nitrogens is 1. The number of nitrogens with two attached hydrogens (primary N) is 1. The number of hydrogen-bond acceptors (Lipinski definition) is 3. The minimum absolute atomic E-state index is 0.742. The Hall–Kier alpha value is -0.960. The van der Waals surface area contributed by atoms with Gasteiger partial charge in [0.15, 0.2) is 0 Å². The zero-order valence-corrected chi connectivity index (χ0v) is 8.59. The van der Waals surface area contributed by atoms with Gasteiger partial charge >= 0.3 is 0 Å². The lowest BCUT2D eigenvalue weighted by Gasteiger charge is -1.99. The maximum absolute atomic E-state index is 5.64. The predicted molar refractivity (Wildman–Crippen MR) is 60.9 cm³/mol. The number of allylic oxidation sites excluding steroid dienone is 1. The van der Waals surface area contributed by atoms with E-state index in [9.17, 15) is 0 Å². The van der Waals surface area contributed by atoms with Crippen molar-refractivity contribution in [3.8, 4) is 0 Å². The summed E-state index contributed by atoms with van der Waals surface area (Å²) >= 11 is 4.11. The van der Waals surface area contributed by atoms with Crippen molar-refractivity contribution in [2.24, 2.45) is 0 Å². The van der Waals surface area contributed by atoms with E-state index in [0.29, 0.717) is 0 Å². The van der Waals surface area contributed by atoms with E-state index in [-0.39, 0.29) is 0 Å². The number of nitrogens with zero attached hydrogens (tertiary/aromatic N) is 1. The largest absolute Gasteiger partial charge is 0.397 e. The summed E-state index contributed by atoms with van der Waals surface area (Å²) in [7, 11) is 0. The first-order valence-electron chi connectivity index (χ1n) is 4.24. The van der Waals surface area contributed by atoms with E-state index in [2.05, 4.69) is 23.7 Å². The first-order chi connectivity index (χ1) is 6.24. The molecular formula is C10H14N2S. The van der Waals surface area contributed by atoms with Crippen LogP contribution in [0.1, 0.15) is 17.8 Å². The van der Waals surface area contributed by atoms with Gasteiger partial charge in [-0.05, 0) is 37.3 Å². The molecule has 0 spiro atoms. The highest BCUT2D eigenvalue weighted by Gasteiger charge is 1.94. The molecule has 70 valence electrons. The van der Waals surface area contributed by atoms with Crippen LogP contribution < -0.4 is 5.73 Å². The third-order valence-corrected chi connectivity index (χ3v) is 1.99. The van der Waals surface area contributed by atoms with E-state index in [4.69, 9.17) is 5.73 Å². The topological polar surface area (TPSA) is 38.9 Å². The lowest BCUT2D eigenvalue weighted by Crippen LogP contribution is -1.93. The van der Waals surface area contributed by atoms with Crippen molar-refractivity contribution in [1.82, 2.24) is 4.98 Å². The molecule has 0 bridgehead atoms. The fourth-order valence-corrected chi connectivity index (χ4v) is 1.11. The van der Waals surface area contributed by atoms with Crippen LogP contribution in [0.15, 0.2) is 18.2 Å². The minimum Gasteiger partial charge on any atom is -0.397 e. The van der Waals surface area contributed by atoms with Crippen molar-refractivity contribution in [2.75, 3.05) is 11.5 Å². The van der Waals surface area contributed by atoms with Gasteiger partial charge in [-0.15, -0.1) is 0 Å². The van der Waals surface area contributed by atoms with Gasteiger partial charge in [0.2, 0.25) is 0 Å². The highest BCUT2D eigenvalue weighted by molar-refractivity contribution is 7.80. The quantitative estimate of drug-likeness (QED) is 0.725. The summed E-state index contributed by atoms with van der Waals surface area (Å²) in [6.07, 6.45) is 5.02. The molecule has 1 heterocycles. The maximum Gasteiger partial charge on any atom is 0.0631 e. The molecule has 13 heavy (non-hydrogen) atoms. The van der Waals surface area contributed by atoms with Crippen LogP contribution in [0, 0.1) is 6.92 Å². The molecule has 1 aromatic rings. The Kier molecular flexibility index (Phi) is 3.83. The van der Waals surface area contributed by atoms with Crippen molar-refractivity contribution < 1.29 is 0 Å². The predicted octanol–water partition coefficient (Wildman–Crippen LogP) is 2.31. The number of nitrogen functional groups attached to an aromatic ring is 1. The number of anilines is 1. The van der Waals surface area contributed by atoms with Crippen molar-refractivity contribution in [3.05, 3.63) is 29.6 Å². The van der Waals surface area contributed by atoms with E-state index in [1.807, 2.05) is 25.1 Å². The van der Waals surface area contributed by atoms with E-state index in [1.54, 1.807) is 0 Å². The highest BCUT2D eigenvalue weighted by Crippen LogP contribution is 2.09. The summed E-state index contributed by atoms with van der Waals surface area (Å²) in [6.45, 7) is 1.91. The molecule has 0 aliphatic carbocycles. The molecular weight excluding hydrogens is 180 g/mol. The van der Waals surface area contributed by atoms with Gasteiger partial charge in [0.05, 0.1) is 17.1 Å². The average molecular weight is 194 g/mol. The zero-order valence-electron chi connectivity index (χ0n) is 7.70. The van der Waals surface area contributed by atoms with Gasteiger partial charge in [-0.1, -0.05) is 6.08 Å². The molecule has 0 saturated heterocycles. The highest BCUT2D eigenvalue weighted by atomic mass is 32.1. The Morgan fingerprint density at radius 2 is 2.31 bits per heavy atom. The van der Waals surface area contributed by atoms with Gasteiger partial charge in [0.1, 0.15) is 0 Å². The zero-order chi connectivity index (χ0) is 9.68. The molecule has 1 rings (SSSR count). The van der Waals surface area contributed by atoms with Gasteiger partial charge in [0, 0.05) is 0 Å². The van der Waals surface area contributed by atoms with E-state index < -0.39 is 0 Å². The van der Waals surface area contributed by atoms with E-state index in [0.717, 1.165) is 29.2 Å². The molecule has 0 aromatic carbocycles. The third kappa shape index (κ3) is 3.11. The molecule has 0 atom stereocenters. The van der Waals surface area contributed by atoms with Gasteiger partial charge in [-0.2, -0.15) is 12.6 Å². The Labute approximate surface area is 84.3 Å². The summed E-state index contributed by atoms with van der Waals surface area (Å²) in [5.74, 6) is 0.866. The van der Waals surface area contributed by atoms with Crippen LogP contribution in [0.25, 0.3) is 6.08 Å². The Morgan fingerprint density at radius 1 is 1.54 bits per heavy atom. The molecule has 3 heteroatoms. The van der Waals surface area contributed by atoms with Crippen LogP contribution in [0.2, 0.25) is 0 Å². The second-order valence-electron chi connectivity index (χ2n) is 2.83. The molecule has 0 radical (unpaired) electrons. The molecule has 2 N–H and O–H groups in total. The SMILES string of the molecule is Cc1nc(C=CCCS)ccc1N. The van der Waals surface area contributed by atoms with Gasteiger partial charge in [-0.3, -0.25) is 4.98 Å². The van der Waals surface area contributed by atoms with Crippen LogP contribution in [0.5, 0.6) is 0 Å². The number of hydrogen-bond donors (Lipinski definition) is 2. The van der Waals surface area contributed by atoms with Gasteiger partial charge in [0.25, 0.3) is 0 Å². The number of rotatable bonds is 3. The van der Waals surface area contributed by atoms with Crippen molar-refractivity contribution in [1.29, 1.82) is 0 Å². The molecule has 2 nitrogen and oxygen atoms in total. The molecule has 0 saturated carbocycles. The van der Waals surface area contributed by atoms with Crippen LogP contribution in [-0.2, 0) is 0 Å². The first kappa shape index (κ1) is 10.1. The molecule has 0 amide bonds. The second-order valence-corrected chi connectivity index (χ2v) is 3.27. The van der Waals surface area contributed by atoms with Crippen LogP contribution in [0.3, 0.4) is 0 Å². The fourth-order valence-electron chi connectivity index (χ4n) is 0.963. The second kappa shape index (κ2) is 4.92. The summed E-state index contributed by atoms with van der Waals surface area (Å²) in [5, 5.41) is 0. The molecule has 0 aliphatic rings. The van der Waals surface area contributed by atoms with Crippen molar-refractivity contribution >= 4 is 24.4 Å². The number of pyridine rings is 1. The Morgan fingerprint density at radius 3 is 2.92 bits per heavy atom. The van der Waals surface area contributed by atoms with Crippen molar-refractivity contribution in [3.63, 3.8) is 0 Å². The van der Waals surface area contributed by atoms with Gasteiger partial charge in [-0.25, -0.2) is 0 Å². The van der Waals surface area contributed by atoms with Gasteiger partial charge < -0.3 is 5.73 Å². The lowest BCUT2D eigenvalue weighted by molar-refractivity contribution is 1.18. The van der Waals surface area contributed by atoms with E-state index in [1.165, 1.54) is 0 Å². The summed E-state index contributed by atoms with van der Waals surface area (Å²) in [4.78, 5) is 4.31. The van der Waals surface area contributed by atoms with Crippen LogP contribution in [-0.4, -0.2) is 10.7 Å². The first-order valence-corrected chi connectivity index (χ1v) is 4.88. The monoisotopic (exact) mass is 194 g/mol. The fraction of sp³-hybridized carbons (Fsp3) is 0.300. The molecule has 0 unspecified atom stereocenters. The Balaban J connectivity index is 2.73. The summed E-state index contributed by atoms with van der Waals surface area (Å²) in [5.41, 5.74) is 8.22. The van der Waals surface area contributed by atoms with Crippen LogP contribution in [0.4, 0.5) is 5.69 Å². The molecule has 0 fully saturated rings. The standard InChI is InChI=1S/C10H14N2S/c1-8-10(11)6-5-9(12-8)4-2-3-7-13/h2,4-6,13H,3,7,11H2,1H3. The van der Waals surface area contributed by atoms with E-state index >= 15 is 0 Å². The Bertz CT molecular complexity index is 308. The molecule has 0 aliphatic heterocycles. The summed E-state index contributed by atoms with van der Waals surface area (Å²) in [6, 6.07) is 3.79. The maximum atomic E-state index is 5.64. The smallest absolute Gasteiger partial charge is 0.0631 e. The lowest BCUT2D eigenvalue weighted by atomic mass is 10.2. The summed E-state index contributed by atoms with van der Waals surface area (Å²) < 4.78 is 0. The van der Waals surface area contributed by atoms with Crippen molar-refractivity contribution in [2.45, 2.75) is 13.3 Å². The average Bonchev–Trinajstić information content (AvgIpc) is 2.12.